The van der Waals surface area contributed by atoms with Gasteiger partial charge in [0.25, 0.3) is 11.8 Å². The van der Waals surface area contributed by atoms with Crippen molar-refractivity contribution in [3.05, 3.63) is 59.1 Å². The lowest BCUT2D eigenvalue weighted by Gasteiger charge is -2.48. The summed E-state index contributed by atoms with van der Waals surface area (Å²) in [6.45, 7) is 4.05. The van der Waals surface area contributed by atoms with Crippen LogP contribution in [0, 0.1) is 5.82 Å². The Labute approximate surface area is 250 Å². The van der Waals surface area contributed by atoms with Crippen LogP contribution in [0.15, 0.2) is 40.8 Å². The molecule has 0 bridgehead atoms. The first-order valence-corrected chi connectivity index (χ1v) is 14.1. The fourth-order valence-corrected chi connectivity index (χ4v) is 5.89. The number of carbonyl (C=O) groups is 3. The van der Waals surface area contributed by atoms with E-state index in [0.29, 0.717) is 48.3 Å². The SMILES string of the molecule is COc1cccc(F)c1CNC(=O)C1(C)COc2c(oc3cc(C(=O)NC4(C)COC4)ccc23)C(=O)N1C1CC(OC)C1.[HH].[HH]. The molecule has 1 aromatic heterocycles. The molecule has 3 heterocycles. The van der Waals surface area contributed by atoms with E-state index in [1.165, 1.54) is 24.1 Å². The third-order valence-electron chi connectivity index (χ3n) is 8.58. The molecule has 3 aliphatic rings. The predicted octanol–water partition coefficient (Wildman–Crippen LogP) is 3.68. The van der Waals surface area contributed by atoms with Crippen molar-refractivity contribution in [3.63, 3.8) is 0 Å². The molecule has 11 nitrogen and oxygen atoms in total. The van der Waals surface area contributed by atoms with Crippen LogP contribution < -0.4 is 20.1 Å². The highest BCUT2D eigenvalue weighted by Gasteiger charge is 2.53. The van der Waals surface area contributed by atoms with Crippen molar-refractivity contribution in [1.29, 1.82) is 0 Å². The lowest BCUT2D eigenvalue weighted by Crippen LogP contribution is -2.66. The second-order valence-corrected chi connectivity index (χ2v) is 11.8. The van der Waals surface area contributed by atoms with E-state index < -0.39 is 28.7 Å². The van der Waals surface area contributed by atoms with E-state index in [-0.39, 0.29) is 51.1 Å². The van der Waals surface area contributed by atoms with Crippen LogP contribution in [0.2, 0.25) is 0 Å². The normalized spacial score (nSPS) is 24.2. The summed E-state index contributed by atoms with van der Waals surface area (Å²) >= 11 is 0. The summed E-state index contributed by atoms with van der Waals surface area (Å²) in [4.78, 5) is 42.4. The molecule has 3 amide bonds. The van der Waals surface area contributed by atoms with Gasteiger partial charge in [-0.15, -0.1) is 0 Å². The first-order chi connectivity index (χ1) is 20.6. The predicted molar refractivity (Wildman–Crippen MR) is 156 cm³/mol. The van der Waals surface area contributed by atoms with Crippen molar-refractivity contribution in [2.45, 2.75) is 56.5 Å². The van der Waals surface area contributed by atoms with Crippen molar-refractivity contribution in [2.75, 3.05) is 34.0 Å². The average Bonchev–Trinajstić information content (AvgIpc) is 3.28. The highest BCUT2D eigenvalue weighted by Crippen LogP contribution is 2.42. The number of carbonyl (C=O) groups excluding carboxylic acids is 3. The number of methoxy groups -OCH3 is 2. The fourth-order valence-electron chi connectivity index (χ4n) is 5.89. The quantitative estimate of drug-likeness (QED) is 0.402. The van der Waals surface area contributed by atoms with Crippen molar-refractivity contribution in [1.82, 2.24) is 15.5 Å². The minimum absolute atomic E-state index is 0. The summed E-state index contributed by atoms with van der Waals surface area (Å²) in [5.41, 5.74) is -1.04. The molecule has 2 aromatic carbocycles. The minimum atomic E-state index is -1.47. The van der Waals surface area contributed by atoms with Gasteiger partial charge in [0.05, 0.1) is 37.4 Å². The van der Waals surface area contributed by atoms with E-state index in [4.69, 9.17) is 23.4 Å². The number of rotatable bonds is 8. The van der Waals surface area contributed by atoms with Gasteiger partial charge in [0, 0.05) is 33.7 Å². The number of fused-ring (bicyclic) bond motifs is 3. The lowest BCUT2D eigenvalue weighted by atomic mass is 9.83. The van der Waals surface area contributed by atoms with Gasteiger partial charge in [-0.05, 0) is 57.0 Å². The van der Waals surface area contributed by atoms with E-state index in [1.54, 1.807) is 38.3 Å². The number of halogens is 1. The molecule has 6 rings (SSSR count). The molecule has 43 heavy (non-hydrogen) atoms. The first kappa shape index (κ1) is 28.9. The van der Waals surface area contributed by atoms with E-state index in [2.05, 4.69) is 10.6 Å². The molecule has 2 aliphatic heterocycles. The summed E-state index contributed by atoms with van der Waals surface area (Å²) in [7, 11) is 3.03. The van der Waals surface area contributed by atoms with Crippen molar-refractivity contribution in [3.8, 4) is 11.5 Å². The maximum absolute atomic E-state index is 14.6. The molecule has 0 radical (unpaired) electrons. The van der Waals surface area contributed by atoms with Gasteiger partial charge in [-0.3, -0.25) is 14.4 Å². The Balaban J connectivity index is 0.00000230. The molecule has 12 heteroatoms. The van der Waals surface area contributed by atoms with E-state index >= 15 is 0 Å². The number of benzene rings is 2. The van der Waals surface area contributed by atoms with Crippen LogP contribution in [0.25, 0.3) is 11.0 Å². The molecule has 2 fully saturated rings. The average molecular weight is 600 g/mol. The molecule has 1 atom stereocenters. The standard InChI is InChI=1S/C31H34FN3O8.2H2/c1-30(14-41-15-30)34-27(36)17-8-9-20-24(10-17)43-26-25(20)42-16-31(2,35(28(26)37)18-11-19(12-18)39-3)29(38)33-13-21-22(32)6-5-7-23(21)40-4;;/h5-10,18-19H,11-16H2,1-4H3,(H,33,38)(H,34,36);2*1H. The molecular weight excluding hydrogens is 561 g/mol. The van der Waals surface area contributed by atoms with Crippen LogP contribution in [0.4, 0.5) is 4.39 Å². The van der Waals surface area contributed by atoms with Crippen LogP contribution in [0.1, 0.15) is 56.0 Å². The zero-order chi connectivity index (χ0) is 30.5. The first-order valence-electron chi connectivity index (χ1n) is 14.1. The Hall–Kier alpha value is -4.16. The Morgan fingerprint density at radius 2 is 1.91 bits per heavy atom. The second-order valence-electron chi connectivity index (χ2n) is 11.8. The van der Waals surface area contributed by atoms with E-state index in [9.17, 15) is 18.8 Å². The lowest BCUT2D eigenvalue weighted by molar-refractivity contribution is -0.138. The monoisotopic (exact) mass is 599 g/mol. The van der Waals surface area contributed by atoms with Crippen LogP contribution in [0.3, 0.4) is 0 Å². The number of hydrogen-bond acceptors (Lipinski definition) is 8. The summed E-state index contributed by atoms with van der Waals surface area (Å²) in [6.07, 6.45) is 0.986. The van der Waals surface area contributed by atoms with Crippen LogP contribution >= 0.6 is 0 Å². The van der Waals surface area contributed by atoms with Crippen molar-refractivity contribution >= 4 is 28.7 Å². The summed E-state index contributed by atoms with van der Waals surface area (Å²) < 4.78 is 42.7. The summed E-state index contributed by atoms with van der Waals surface area (Å²) in [5, 5.41) is 6.25. The smallest absolute Gasteiger partial charge is 0.294 e. The third-order valence-corrected chi connectivity index (χ3v) is 8.58. The molecule has 3 aromatic rings. The van der Waals surface area contributed by atoms with Gasteiger partial charge < -0.3 is 38.9 Å². The second kappa shape index (κ2) is 10.8. The van der Waals surface area contributed by atoms with Crippen LogP contribution in [-0.4, -0.2) is 79.9 Å². The van der Waals surface area contributed by atoms with Crippen molar-refractivity contribution < 1.29 is 45.0 Å². The Morgan fingerprint density at radius 1 is 1.14 bits per heavy atom. The zero-order valence-electron chi connectivity index (χ0n) is 24.5. The number of amides is 3. The highest BCUT2D eigenvalue weighted by molar-refractivity contribution is 6.06. The van der Waals surface area contributed by atoms with Gasteiger partial charge in [0.1, 0.15) is 23.8 Å². The Morgan fingerprint density at radius 3 is 2.58 bits per heavy atom. The summed E-state index contributed by atoms with van der Waals surface area (Å²) in [5.74, 6) is -1.41. The molecule has 1 unspecified atom stereocenters. The molecule has 1 aliphatic carbocycles. The number of hydrogen-bond donors (Lipinski definition) is 2. The van der Waals surface area contributed by atoms with Gasteiger partial charge in [-0.1, -0.05) is 6.07 Å². The maximum Gasteiger partial charge on any atom is 0.294 e. The molecule has 1 saturated carbocycles. The molecule has 0 spiro atoms. The minimum Gasteiger partial charge on any atom is -0.496 e. The molecule has 2 N–H and O–H groups in total. The van der Waals surface area contributed by atoms with Gasteiger partial charge in [-0.2, -0.15) is 0 Å². The van der Waals surface area contributed by atoms with Gasteiger partial charge in [0.2, 0.25) is 11.7 Å². The zero-order valence-corrected chi connectivity index (χ0v) is 24.5. The Kier molecular flexibility index (Phi) is 7.29. The van der Waals surface area contributed by atoms with Gasteiger partial charge >= 0.3 is 0 Å². The number of furan rings is 1. The number of nitrogens with zero attached hydrogens (tertiary/aromatic N) is 1. The van der Waals surface area contributed by atoms with Crippen LogP contribution in [-0.2, 0) is 20.8 Å². The highest BCUT2D eigenvalue weighted by atomic mass is 19.1. The number of nitrogens with one attached hydrogen (secondary N) is 2. The molecular formula is C31H38FN3O8. The largest absolute Gasteiger partial charge is 0.496 e. The summed E-state index contributed by atoms with van der Waals surface area (Å²) in [6, 6.07) is 8.96. The van der Waals surface area contributed by atoms with E-state index in [0.717, 1.165) is 0 Å². The molecule has 232 valence electrons. The third kappa shape index (κ3) is 4.98. The topological polar surface area (TPSA) is 129 Å². The fraction of sp³-hybridized carbons (Fsp3) is 0.452. The van der Waals surface area contributed by atoms with Crippen molar-refractivity contribution in [2.24, 2.45) is 0 Å². The number of ether oxygens (including phenoxy) is 4. The Bertz CT molecular complexity index is 1610. The van der Waals surface area contributed by atoms with Gasteiger partial charge in [0.15, 0.2) is 11.3 Å². The van der Waals surface area contributed by atoms with Gasteiger partial charge in [-0.25, -0.2) is 4.39 Å². The molecule has 1 saturated heterocycles. The van der Waals surface area contributed by atoms with E-state index in [1.807, 2.05) is 6.92 Å². The van der Waals surface area contributed by atoms with Crippen LogP contribution in [0.5, 0.6) is 11.5 Å². The maximum atomic E-state index is 14.6.